The molecule has 1 atom stereocenters. The number of fused-ring (bicyclic) bond motifs is 1. The maximum Gasteiger partial charge on any atom is 0.267 e. The van der Waals surface area contributed by atoms with Gasteiger partial charge in [0, 0.05) is 23.3 Å². The van der Waals surface area contributed by atoms with Crippen molar-refractivity contribution >= 4 is 40.0 Å². The van der Waals surface area contributed by atoms with Crippen molar-refractivity contribution in [3.63, 3.8) is 0 Å². The van der Waals surface area contributed by atoms with Crippen LogP contribution in [0.25, 0.3) is 22.0 Å². The van der Waals surface area contributed by atoms with Crippen LogP contribution in [-0.2, 0) is 0 Å². The Morgan fingerprint density at radius 1 is 1.12 bits per heavy atom. The van der Waals surface area contributed by atoms with Crippen molar-refractivity contribution in [2.45, 2.75) is 11.8 Å². The molecule has 0 aliphatic heterocycles. The second-order valence-corrected chi connectivity index (χ2v) is 6.77. The fourth-order valence-electron chi connectivity index (χ4n) is 2.59. The van der Waals surface area contributed by atoms with Gasteiger partial charge in [0.15, 0.2) is 0 Å². The van der Waals surface area contributed by atoms with Gasteiger partial charge in [-0.2, -0.15) is 0 Å². The standard InChI is InChI=1S/C19H17Cl2FN2O/c20-8-7-15(21)11-23-19(25)18-10-14-2-1-13(9-17(14)24-18)12-3-5-16(22)6-4-12/h1-6,9-10,15,24H,7-8,11H2,(H,23,25)/t15-/m0/s1. The molecule has 0 radical (unpaired) electrons. The number of nitrogens with one attached hydrogen (secondary N) is 2. The zero-order chi connectivity index (χ0) is 17.8. The number of H-pyrrole nitrogens is 1. The van der Waals surface area contributed by atoms with Gasteiger partial charge in [0.2, 0.25) is 0 Å². The summed E-state index contributed by atoms with van der Waals surface area (Å²) < 4.78 is 13.1. The van der Waals surface area contributed by atoms with E-state index in [0.29, 0.717) is 24.5 Å². The van der Waals surface area contributed by atoms with Crippen LogP contribution in [0.3, 0.4) is 0 Å². The van der Waals surface area contributed by atoms with Crippen LogP contribution in [0.5, 0.6) is 0 Å². The Labute approximate surface area is 155 Å². The van der Waals surface area contributed by atoms with Gasteiger partial charge in [-0.3, -0.25) is 4.79 Å². The molecule has 3 nitrogen and oxygen atoms in total. The van der Waals surface area contributed by atoms with Gasteiger partial charge in [-0.25, -0.2) is 4.39 Å². The number of hydrogen-bond donors (Lipinski definition) is 2. The first-order chi connectivity index (χ1) is 12.1. The summed E-state index contributed by atoms with van der Waals surface area (Å²) in [7, 11) is 0. The Balaban J connectivity index is 1.78. The maximum absolute atomic E-state index is 13.1. The zero-order valence-electron chi connectivity index (χ0n) is 13.4. The molecule has 0 saturated carbocycles. The van der Waals surface area contributed by atoms with Crippen molar-refractivity contribution in [3.8, 4) is 11.1 Å². The molecule has 25 heavy (non-hydrogen) atoms. The van der Waals surface area contributed by atoms with Crippen molar-refractivity contribution in [1.29, 1.82) is 0 Å². The molecule has 1 aromatic heterocycles. The molecule has 2 aromatic carbocycles. The molecule has 3 rings (SSSR count). The third-order valence-electron chi connectivity index (χ3n) is 3.95. The van der Waals surface area contributed by atoms with E-state index in [1.165, 1.54) is 12.1 Å². The largest absolute Gasteiger partial charge is 0.351 e. The second-order valence-electron chi connectivity index (χ2n) is 5.78. The van der Waals surface area contributed by atoms with Crippen LogP contribution < -0.4 is 5.32 Å². The predicted molar refractivity (Wildman–Crippen MR) is 101 cm³/mol. The van der Waals surface area contributed by atoms with Gasteiger partial charge in [-0.05, 0) is 41.8 Å². The average molecular weight is 379 g/mol. The lowest BCUT2D eigenvalue weighted by Crippen LogP contribution is -2.30. The minimum Gasteiger partial charge on any atom is -0.351 e. The summed E-state index contributed by atoms with van der Waals surface area (Å²) >= 11 is 11.7. The summed E-state index contributed by atoms with van der Waals surface area (Å²) in [5, 5.41) is 3.54. The summed E-state index contributed by atoms with van der Waals surface area (Å²) in [6, 6.07) is 13.9. The van der Waals surface area contributed by atoms with E-state index in [0.717, 1.165) is 22.0 Å². The molecule has 3 aromatic rings. The number of amides is 1. The van der Waals surface area contributed by atoms with Crippen molar-refractivity contribution in [3.05, 3.63) is 60.0 Å². The highest BCUT2D eigenvalue weighted by atomic mass is 35.5. The highest BCUT2D eigenvalue weighted by Crippen LogP contribution is 2.25. The summed E-state index contributed by atoms with van der Waals surface area (Å²) in [5.41, 5.74) is 3.18. The molecule has 0 fully saturated rings. The van der Waals surface area contributed by atoms with Crippen LogP contribution in [-0.4, -0.2) is 28.7 Å². The van der Waals surface area contributed by atoms with Crippen molar-refractivity contribution in [2.75, 3.05) is 12.4 Å². The third-order valence-corrected chi connectivity index (χ3v) is 4.54. The first-order valence-corrected chi connectivity index (χ1v) is 8.91. The Bertz CT molecular complexity index is 877. The SMILES string of the molecule is O=C(NC[C@@H](Cl)CCCl)c1cc2ccc(-c3ccc(F)cc3)cc2[nH]1. The first-order valence-electron chi connectivity index (χ1n) is 7.94. The number of carbonyl (C=O) groups is 1. The Kier molecular flexibility index (Phi) is 5.61. The summed E-state index contributed by atoms with van der Waals surface area (Å²) in [6.07, 6.45) is 0.636. The third kappa shape index (κ3) is 4.33. The lowest BCUT2D eigenvalue weighted by Gasteiger charge is -2.08. The van der Waals surface area contributed by atoms with Crippen molar-refractivity contribution in [1.82, 2.24) is 10.3 Å². The first kappa shape index (κ1) is 17.8. The molecule has 0 saturated heterocycles. The van der Waals surface area contributed by atoms with E-state index in [1.54, 1.807) is 18.2 Å². The molecule has 0 unspecified atom stereocenters. The number of alkyl halides is 2. The lowest BCUT2D eigenvalue weighted by atomic mass is 10.0. The minimum atomic E-state index is -0.268. The van der Waals surface area contributed by atoms with Crippen LogP contribution in [0.2, 0.25) is 0 Å². The molecule has 2 N–H and O–H groups in total. The number of carbonyl (C=O) groups excluding carboxylic acids is 1. The normalized spacial score (nSPS) is 12.3. The van der Waals surface area contributed by atoms with E-state index in [9.17, 15) is 9.18 Å². The molecule has 6 heteroatoms. The van der Waals surface area contributed by atoms with Gasteiger partial charge in [0.05, 0.1) is 5.38 Å². The minimum absolute atomic E-state index is 0.184. The summed E-state index contributed by atoms with van der Waals surface area (Å²) in [4.78, 5) is 15.4. The Hall–Kier alpha value is -2.04. The van der Waals surface area contributed by atoms with E-state index >= 15 is 0 Å². The van der Waals surface area contributed by atoms with Crippen LogP contribution in [0, 0.1) is 5.82 Å². The van der Waals surface area contributed by atoms with E-state index < -0.39 is 0 Å². The van der Waals surface area contributed by atoms with Crippen molar-refractivity contribution in [2.24, 2.45) is 0 Å². The number of aromatic amines is 1. The van der Waals surface area contributed by atoms with Crippen LogP contribution in [0.1, 0.15) is 16.9 Å². The smallest absolute Gasteiger partial charge is 0.267 e. The zero-order valence-corrected chi connectivity index (χ0v) is 14.9. The fourth-order valence-corrected chi connectivity index (χ4v) is 3.15. The van der Waals surface area contributed by atoms with Crippen LogP contribution in [0.15, 0.2) is 48.5 Å². The molecule has 0 bridgehead atoms. The maximum atomic E-state index is 13.1. The molecular weight excluding hydrogens is 362 g/mol. The van der Waals surface area contributed by atoms with Crippen LogP contribution in [0.4, 0.5) is 4.39 Å². The molecule has 0 aliphatic rings. The summed E-state index contributed by atoms with van der Waals surface area (Å²) in [6.45, 7) is 0.364. The molecule has 1 heterocycles. The van der Waals surface area contributed by atoms with Gasteiger partial charge in [-0.15, -0.1) is 23.2 Å². The van der Waals surface area contributed by atoms with Gasteiger partial charge in [-0.1, -0.05) is 24.3 Å². The predicted octanol–water partition coefficient (Wildman–Crippen LogP) is 4.94. The number of hydrogen-bond acceptors (Lipinski definition) is 1. The Morgan fingerprint density at radius 2 is 1.84 bits per heavy atom. The number of benzene rings is 2. The highest BCUT2D eigenvalue weighted by Gasteiger charge is 2.12. The van der Waals surface area contributed by atoms with Gasteiger partial charge >= 0.3 is 0 Å². The monoisotopic (exact) mass is 378 g/mol. The second kappa shape index (κ2) is 7.89. The average Bonchev–Trinajstić information content (AvgIpc) is 3.04. The highest BCUT2D eigenvalue weighted by molar-refractivity contribution is 6.22. The van der Waals surface area contributed by atoms with E-state index in [2.05, 4.69) is 10.3 Å². The molecular formula is C19H17Cl2FN2O. The van der Waals surface area contributed by atoms with Gasteiger partial charge in [0.25, 0.3) is 5.91 Å². The van der Waals surface area contributed by atoms with Crippen LogP contribution >= 0.6 is 23.2 Å². The summed E-state index contributed by atoms with van der Waals surface area (Å²) in [5.74, 6) is -0.0158. The number of halogens is 3. The lowest BCUT2D eigenvalue weighted by molar-refractivity contribution is 0.0949. The van der Waals surface area contributed by atoms with Gasteiger partial charge < -0.3 is 10.3 Å². The van der Waals surface area contributed by atoms with Gasteiger partial charge in [0.1, 0.15) is 11.5 Å². The number of rotatable bonds is 6. The van der Waals surface area contributed by atoms with E-state index in [-0.39, 0.29) is 17.1 Å². The number of aromatic nitrogens is 1. The van der Waals surface area contributed by atoms with E-state index in [1.807, 2.05) is 18.2 Å². The molecule has 1 amide bonds. The quantitative estimate of drug-likeness (QED) is 0.586. The van der Waals surface area contributed by atoms with Crippen molar-refractivity contribution < 1.29 is 9.18 Å². The topological polar surface area (TPSA) is 44.9 Å². The molecule has 0 aliphatic carbocycles. The molecule has 130 valence electrons. The van der Waals surface area contributed by atoms with E-state index in [4.69, 9.17) is 23.2 Å². The fraction of sp³-hybridized carbons (Fsp3) is 0.211. The Morgan fingerprint density at radius 3 is 2.56 bits per heavy atom. The molecule has 0 spiro atoms.